The number of aliphatic hydroxyl groups is 1. The van der Waals surface area contributed by atoms with Gasteiger partial charge in [-0.1, -0.05) is 42.5 Å². The van der Waals surface area contributed by atoms with E-state index in [1.54, 1.807) is 32.0 Å². The molecule has 33 heavy (non-hydrogen) atoms. The highest BCUT2D eigenvalue weighted by Gasteiger charge is 2.48. The van der Waals surface area contributed by atoms with Crippen LogP contribution in [0.1, 0.15) is 54.7 Å². The van der Waals surface area contributed by atoms with Crippen LogP contribution in [-0.2, 0) is 21.2 Å². The molecule has 3 rings (SSSR count). The summed E-state index contributed by atoms with van der Waals surface area (Å²) < 4.78 is 49.2. The lowest BCUT2D eigenvalue weighted by Crippen LogP contribution is -2.53. The summed E-state index contributed by atoms with van der Waals surface area (Å²) in [4.78, 5) is 4.33. The highest BCUT2D eigenvalue weighted by atomic mass is 32.2. The summed E-state index contributed by atoms with van der Waals surface area (Å²) in [5.41, 5.74) is 0.878. The second kappa shape index (κ2) is 10.6. The Morgan fingerprint density at radius 1 is 1.21 bits per heavy atom. The first-order valence-electron chi connectivity index (χ1n) is 11.0. The predicted octanol–water partition coefficient (Wildman–Crippen LogP) is 3.23. The van der Waals surface area contributed by atoms with E-state index in [1.807, 2.05) is 31.3 Å². The number of aliphatic hydroxyl groups excluding tert-OH is 1. The Morgan fingerprint density at radius 2 is 1.91 bits per heavy atom. The maximum Gasteiger partial charge on any atom is 0.299 e. The molecule has 1 fully saturated rings. The lowest BCUT2D eigenvalue weighted by molar-refractivity contribution is 0.0758. The number of benzene rings is 2. The molecule has 0 bridgehead atoms. The number of sulfonamides is 1. The van der Waals surface area contributed by atoms with Gasteiger partial charge in [-0.25, -0.2) is 22.5 Å². The van der Waals surface area contributed by atoms with Crippen molar-refractivity contribution in [3.8, 4) is 0 Å². The average molecular weight is 478 g/mol. The minimum absolute atomic E-state index is 0.119. The summed E-state index contributed by atoms with van der Waals surface area (Å²) in [7, 11) is -1.98. The van der Waals surface area contributed by atoms with Crippen LogP contribution in [0.25, 0.3) is 0 Å². The molecule has 0 aromatic heterocycles. The SMILES string of the molecule is CNCCCc1ccc(C2C(C)(C)OC(=NC(CCO)c3ccccc3F)NS2(=O)=O)cc1. The maximum atomic E-state index is 14.3. The second-order valence-corrected chi connectivity index (χ2v) is 10.4. The van der Waals surface area contributed by atoms with E-state index in [9.17, 15) is 17.9 Å². The summed E-state index contributed by atoms with van der Waals surface area (Å²) >= 11 is 0. The fourth-order valence-corrected chi connectivity index (χ4v) is 5.90. The standard InChI is InChI=1S/C24H32FN3O4S/c1-24(2)22(18-12-10-17(11-13-18)7-6-15-26-3)33(30,31)28-23(32-24)27-21(14-16-29)19-8-4-5-9-20(19)25/h4-5,8-13,21-22,26,29H,6-7,14-16H2,1-3H3,(H,27,28). The molecule has 0 saturated carbocycles. The van der Waals surface area contributed by atoms with Crippen molar-refractivity contribution in [3.63, 3.8) is 0 Å². The third-order valence-electron chi connectivity index (χ3n) is 5.65. The van der Waals surface area contributed by atoms with Crippen molar-refractivity contribution in [1.82, 2.24) is 10.0 Å². The quantitative estimate of drug-likeness (QED) is 0.482. The molecule has 2 aromatic rings. The predicted molar refractivity (Wildman–Crippen MR) is 127 cm³/mol. The fourth-order valence-electron chi connectivity index (χ4n) is 4.14. The zero-order chi connectivity index (χ0) is 24.1. The summed E-state index contributed by atoms with van der Waals surface area (Å²) in [5.74, 6) is -0.481. The third kappa shape index (κ3) is 6.10. The van der Waals surface area contributed by atoms with E-state index in [0.717, 1.165) is 24.9 Å². The van der Waals surface area contributed by atoms with Gasteiger partial charge in [0.2, 0.25) is 10.0 Å². The molecular formula is C24H32FN3O4S. The Labute approximate surface area is 195 Å². The Bertz CT molecular complexity index is 1070. The molecule has 0 amide bonds. The number of nitrogens with zero attached hydrogens (tertiary/aromatic N) is 1. The Hall–Kier alpha value is -2.49. The van der Waals surface area contributed by atoms with Crippen molar-refractivity contribution < 1.29 is 22.7 Å². The summed E-state index contributed by atoms with van der Waals surface area (Å²) in [5, 5.41) is 11.6. The van der Waals surface area contributed by atoms with E-state index in [-0.39, 0.29) is 24.6 Å². The molecule has 0 aliphatic carbocycles. The number of aliphatic imine (C=N–C) groups is 1. The van der Waals surface area contributed by atoms with Crippen molar-refractivity contribution in [1.29, 1.82) is 0 Å². The molecule has 1 saturated heterocycles. The van der Waals surface area contributed by atoms with Crippen LogP contribution >= 0.6 is 0 Å². The summed E-state index contributed by atoms with van der Waals surface area (Å²) in [6.45, 7) is 4.05. The molecule has 1 aliphatic rings. The van der Waals surface area contributed by atoms with Crippen LogP contribution in [0, 0.1) is 5.82 Å². The van der Waals surface area contributed by atoms with Crippen molar-refractivity contribution in [2.75, 3.05) is 20.2 Å². The van der Waals surface area contributed by atoms with Crippen LogP contribution in [0.4, 0.5) is 4.39 Å². The molecule has 7 nitrogen and oxygen atoms in total. The van der Waals surface area contributed by atoms with Crippen molar-refractivity contribution in [2.24, 2.45) is 4.99 Å². The van der Waals surface area contributed by atoms with E-state index in [2.05, 4.69) is 15.0 Å². The number of aryl methyl sites for hydroxylation is 1. The molecule has 1 heterocycles. The van der Waals surface area contributed by atoms with E-state index in [0.29, 0.717) is 5.56 Å². The smallest absolute Gasteiger partial charge is 0.299 e. The number of hydrogen-bond acceptors (Lipinski definition) is 6. The Kier molecular flexibility index (Phi) is 8.10. The molecule has 3 N–H and O–H groups in total. The Morgan fingerprint density at radius 3 is 2.52 bits per heavy atom. The normalized spacial score (nSPS) is 21.2. The van der Waals surface area contributed by atoms with Gasteiger partial charge in [-0.2, -0.15) is 0 Å². The fraction of sp³-hybridized carbons (Fsp3) is 0.458. The molecule has 0 spiro atoms. The molecular weight excluding hydrogens is 445 g/mol. The lowest BCUT2D eigenvalue weighted by Gasteiger charge is -2.39. The minimum atomic E-state index is -3.89. The molecule has 2 aromatic carbocycles. The zero-order valence-electron chi connectivity index (χ0n) is 19.2. The molecule has 2 atom stereocenters. The van der Waals surface area contributed by atoms with Crippen molar-refractivity contribution >= 4 is 16.0 Å². The molecule has 2 unspecified atom stereocenters. The molecule has 9 heteroatoms. The molecule has 180 valence electrons. The van der Waals surface area contributed by atoms with E-state index in [4.69, 9.17) is 4.74 Å². The van der Waals surface area contributed by atoms with E-state index >= 15 is 0 Å². The number of hydrogen-bond donors (Lipinski definition) is 3. The van der Waals surface area contributed by atoms with Gasteiger partial charge >= 0.3 is 0 Å². The van der Waals surface area contributed by atoms with Crippen LogP contribution in [0.5, 0.6) is 0 Å². The number of rotatable bonds is 9. The van der Waals surface area contributed by atoms with Crippen LogP contribution in [0.3, 0.4) is 0 Å². The third-order valence-corrected chi connectivity index (χ3v) is 7.57. The monoisotopic (exact) mass is 477 g/mol. The number of ether oxygens (including phenoxy) is 1. The Balaban J connectivity index is 1.86. The van der Waals surface area contributed by atoms with E-state index < -0.39 is 32.7 Å². The molecule has 0 radical (unpaired) electrons. The van der Waals surface area contributed by atoms with Gasteiger partial charge in [-0.3, -0.25) is 0 Å². The summed E-state index contributed by atoms with van der Waals surface area (Å²) in [6.07, 6.45) is 2.01. The van der Waals surface area contributed by atoms with Crippen LogP contribution in [-0.4, -0.2) is 45.3 Å². The van der Waals surface area contributed by atoms with Gasteiger partial charge in [0, 0.05) is 12.2 Å². The van der Waals surface area contributed by atoms with Gasteiger partial charge in [0.15, 0.2) is 0 Å². The van der Waals surface area contributed by atoms with Gasteiger partial charge in [0.05, 0.1) is 6.04 Å². The molecule has 1 aliphatic heterocycles. The largest absolute Gasteiger partial charge is 0.457 e. The number of halogens is 1. The second-order valence-electron chi connectivity index (χ2n) is 8.67. The van der Waals surface area contributed by atoms with Gasteiger partial charge in [-0.15, -0.1) is 0 Å². The van der Waals surface area contributed by atoms with Crippen LogP contribution in [0.15, 0.2) is 53.5 Å². The first kappa shape index (κ1) is 25.1. The highest BCUT2D eigenvalue weighted by Crippen LogP contribution is 2.39. The van der Waals surface area contributed by atoms with Gasteiger partial charge in [0.1, 0.15) is 16.7 Å². The first-order chi connectivity index (χ1) is 15.7. The maximum absolute atomic E-state index is 14.3. The first-order valence-corrected chi connectivity index (χ1v) is 12.6. The van der Waals surface area contributed by atoms with Crippen molar-refractivity contribution in [2.45, 2.75) is 50.0 Å². The number of nitrogens with one attached hydrogen (secondary N) is 2. The van der Waals surface area contributed by atoms with Crippen LogP contribution < -0.4 is 10.0 Å². The van der Waals surface area contributed by atoms with Gasteiger partial charge in [0.25, 0.3) is 6.02 Å². The minimum Gasteiger partial charge on any atom is -0.457 e. The van der Waals surface area contributed by atoms with Gasteiger partial charge < -0.3 is 15.2 Å². The van der Waals surface area contributed by atoms with Crippen LogP contribution in [0.2, 0.25) is 0 Å². The lowest BCUT2D eigenvalue weighted by atomic mass is 9.96. The number of amidine groups is 1. The van der Waals surface area contributed by atoms with E-state index in [1.165, 1.54) is 6.07 Å². The highest BCUT2D eigenvalue weighted by molar-refractivity contribution is 7.90. The van der Waals surface area contributed by atoms with Gasteiger partial charge in [-0.05, 0) is 63.9 Å². The topological polar surface area (TPSA) is 100 Å². The average Bonchev–Trinajstić information content (AvgIpc) is 2.73. The zero-order valence-corrected chi connectivity index (χ0v) is 20.0. The summed E-state index contributed by atoms with van der Waals surface area (Å²) in [6, 6.07) is 12.6. The van der Waals surface area contributed by atoms with Crippen molar-refractivity contribution in [3.05, 3.63) is 71.0 Å².